The Kier molecular flexibility index (Phi) is 8.25. The SMILES string of the molecule is c1ccc(-c2cc(-c3ccccc3)nc(-c3cccc(-n4c5ccccc5c5cc(-c6ccc7c(c6)C6(c8ccccc8-c8ccccc86)c6ccc8c(c6-7)Oc6ccccc6O8)ccc54)c3)c2)cc1. The Morgan fingerprint density at radius 1 is 0.329 bits per heavy atom. The first-order valence-corrected chi connectivity index (χ1v) is 23.9. The molecule has 15 rings (SSSR count). The van der Waals surface area contributed by atoms with E-state index in [1.165, 1.54) is 44.2 Å². The van der Waals surface area contributed by atoms with Crippen LogP contribution >= 0.6 is 0 Å². The van der Waals surface area contributed by atoms with E-state index in [1.807, 2.05) is 24.3 Å². The van der Waals surface area contributed by atoms with Gasteiger partial charge in [-0.05, 0) is 128 Å². The van der Waals surface area contributed by atoms with Crippen molar-refractivity contribution in [1.82, 2.24) is 9.55 Å². The van der Waals surface area contributed by atoms with Gasteiger partial charge in [0.2, 0.25) is 0 Å². The predicted octanol–water partition coefficient (Wildman–Crippen LogP) is 17.1. The summed E-state index contributed by atoms with van der Waals surface area (Å²) < 4.78 is 15.8. The first-order valence-electron chi connectivity index (χ1n) is 23.9. The lowest BCUT2D eigenvalue weighted by Crippen LogP contribution is -2.26. The molecule has 2 aromatic heterocycles. The summed E-state index contributed by atoms with van der Waals surface area (Å²) in [6, 6.07) is 87.3. The van der Waals surface area contributed by atoms with E-state index in [0.717, 1.165) is 95.6 Å². The first kappa shape index (κ1) is 38.8. The summed E-state index contributed by atoms with van der Waals surface area (Å²) in [7, 11) is 0. The Morgan fingerprint density at radius 2 is 0.943 bits per heavy atom. The van der Waals surface area contributed by atoms with Gasteiger partial charge in [0, 0.05) is 33.2 Å². The highest BCUT2D eigenvalue weighted by Gasteiger charge is 2.53. The van der Waals surface area contributed by atoms with Gasteiger partial charge in [0.15, 0.2) is 23.0 Å². The highest BCUT2D eigenvalue weighted by molar-refractivity contribution is 6.11. The van der Waals surface area contributed by atoms with Crippen LogP contribution in [0.3, 0.4) is 0 Å². The van der Waals surface area contributed by atoms with Crippen molar-refractivity contribution in [2.24, 2.45) is 0 Å². The van der Waals surface area contributed by atoms with Crippen LogP contribution in [0.25, 0.3) is 94.5 Å². The fourth-order valence-electron chi connectivity index (χ4n) is 11.9. The first-order chi connectivity index (χ1) is 34.7. The van der Waals surface area contributed by atoms with E-state index >= 15 is 0 Å². The minimum atomic E-state index is -0.564. The summed E-state index contributed by atoms with van der Waals surface area (Å²) >= 11 is 0. The monoisotopic (exact) mass is 892 g/mol. The fourth-order valence-corrected chi connectivity index (χ4v) is 11.9. The van der Waals surface area contributed by atoms with Crippen molar-refractivity contribution in [2.45, 2.75) is 5.41 Å². The average Bonchev–Trinajstić information content (AvgIpc) is 4.04. The standard InChI is InChI=1S/C66H40N2O2/c1-3-16-41(17-4-1)46-39-57(42-18-5-2-6-19-42)67-58(40-46)45-20-15-21-47(36-45)68-59-27-12-9-24-50(59)52-37-43(31-34-60(52)68)44-30-32-51-56(38-44)66(53-25-10-7-22-48(53)49-23-8-11-26-54(49)66)55-33-35-63-65(64(51)55)70-62-29-14-13-28-61(62)69-63/h1-40H. The number of pyridine rings is 1. The maximum Gasteiger partial charge on any atom is 0.178 e. The number of rotatable bonds is 5. The van der Waals surface area contributed by atoms with Crippen LogP contribution in [0.2, 0.25) is 0 Å². The topological polar surface area (TPSA) is 36.3 Å². The zero-order valence-corrected chi connectivity index (χ0v) is 37.8. The van der Waals surface area contributed by atoms with Crippen LogP contribution in [0.1, 0.15) is 22.3 Å². The van der Waals surface area contributed by atoms with Crippen molar-refractivity contribution in [3.63, 3.8) is 0 Å². The number of ether oxygens (including phenoxy) is 2. The Labute approximate surface area is 405 Å². The molecule has 4 nitrogen and oxygen atoms in total. The second-order valence-corrected chi connectivity index (χ2v) is 18.6. The van der Waals surface area contributed by atoms with Gasteiger partial charge in [0.25, 0.3) is 0 Å². The predicted molar refractivity (Wildman–Crippen MR) is 283 cm³/mol. The maximum atomic E-state index is 6.85. The van der Waals surface area contributed by atoms with E-state index in [4.69, 9.17) is 14.5 Å². The minimum Gasteiger partial charge on any atom is -0.449 e. The Bertz CT molecular complexity index is 4030. The van der Waals surface area contributed by atoms with E-state index in [2.05, 4.69) is 223 Å². The molecule has 3 aliphatic rings. The molecule has 3 heterocycles. The van der Waals surface area contributed by atoms with Crippen molar-refractivity contribution in [2.75, 3.05) is 0 Å². The second kappa shape index (κ2) is 14.9. The minimum absolute atomic E-state index is 0.564. The van der Waals surface area contributed by atoms with E-state index < -0.39 is 5.41 Å². The molecule has 0 saturated carbocycles. The normalized spacial score (nSPS) is 13.2. The molecule has 1 spiro atoms. The number of hydrogen-bond acceptors (Lipinski definition) is 3. The van der Waals surface area contributed by atoms with Gasteiger partial charge >= 0.3 is 0 Å². The molecule has 10 aromatic carbocycles. The lowest BCUT2D eigenvalue weighted by Gasteiger charge is -2.31. The summed E-state index contributed by atoms with van der Waals surface area (Å²) in [6.07, 6.45) is 0. The van der Waals surface area contributed by atoms with Crippen molar-refractivity contribution in [1.29, 1.82) is 0 Å². The number of benzene rings is 10. The molecule has 0 N–H and O–H groups in total. The molecule has 0 unspecified atom stereocenters. The van der Waals surface area contributed by atoms with Crippen LogP contribution in [0.4, 0.5) is 0 Å². The van der Waals surface area contributed by atoms with Crippen LogP contribution in [0, 0.1) is 0 Å². The van der Waals surface area contributed by atoms with Gasteiger partial charge in [-0.2, -0.15) is 0 Å². The van der Waals surface area contributed by atoms with Gasteiger partial charge < -0.3 is 14.0 Å². The van der Waals surface area contributed by atoms with Gasteiger partial charge in [0.1, 0.15) is 0 Å². The van der Waals surface area contributed by atoms with Crippen LogP contribution in [0.5, 0.6) is 23.0 Å². The molecule has 0 radical (unpaired) electrons. The van der Waals surface area contributed by atoms with Crippen molar-refractivity contribution >= 4 is 21.8 Å². The lowest BCUT2D eigenvalue weighted by molar-refractivity contribution is 0.360. The largest absolute Gasteiger partial charge is 0.449 e. The summed E-state index contributed by atoms with van der Waals surface area (Å²) in [5.41, 5.74) is 21.2. The Morgan fingerprint density at radius 3 is 1.73 bits per heavy atom. The van der Waals surface area contributed by atoms with E-state index in [9.17, 15) is 0 Å². The van der Waals surface area contributed by atoms with Gasteiger partial charge in [0.05, 0.1) is 27.8 Å². The zero-order chi connectivity index (χ0) is 45.9. The number of fused-ring (bicyclic) bond motifs is 16. The van der Waals surface area contributed by atoms with Crippen molar-refractivity contribution in [3.05, 3.63) is 265 Å². The molecule has 0 saturated heterocycles. The molecule has 70 heavy (non-hydrogen) atoms. The number of para-hydroxylation sites is 3. The Balaban J connectivity index is 0.894. The summed E-state index contributed by atoms with van der Waals surface area (Å²) in [5.74, 6) is 2.94. The van der Waals surface area contributed by atoms with E-state index in [-0.39, 0.29) is 0 Å². The lowest BCUT2D eigenvalue weighted by atomic mass is 9.70. The molecule has 2 aliphatic carbocycles. The number of hydrogen-bond donors (Lipinski definition) is 0. The maximum absolute atomic E-state index is 6.85. The number of aromatic nitrogens is 2. The van der Waals surface area contributed by atoms with Gasteiger partial charge in [-0.3, -0.25) is 0 Å². The van der Waals surface area contributed by atoms with Gasteiger partial charge in [-0.25, -0.2) is 4.98 Å². The van der Waals surface area contributed by atoms with Gasteiger partial charge in [-0.1, -0.05) is 176 Å². The number of nitrogens with zero attached hydrogens (tertiary/aromatic N) is 2. The third-order valence-corrected chi connectivity index (χ3v) is 14.9. The quantitative estimate of drug-likeness (QED) is 0.173. The van der Waals surface area contributed by atoms with Gasteiger partial charge in [-0.15, -0.1) is 0 Å². The Hall–Kier alpha value is -9.25. The summed E-state index contributed by atoms with van der Waals surface area (Å²) in [4.78, 5) is 5.29. The molecule has 1 aliphatic heterocycles. The summed E-state index contributed by atoms with van der Waals surface area (Å²) in [5, 5.41) is 2.40. The highest BCUT2D eigenvalue weighted by atomic mass is 16.6. The van der Waals surface area contributed by atoms with Crippen LogP contribution in [-0.2, 0) is 5.41 Å². The third-order valence-electron chi connectivity index (χ3n) is 14.9. The second-order valence-electron chi connectivity index (χ2n) is 18.6. The molecule has 0 amide bonds. The molecular formula is C66H40N2O2. The average molecular weight is 893 g/mol. The molecular weight excluding hydrogens is 853 g/mol. The third kappa shape index (κ3) is 5.56. The fraction of sp³-hybridized carbons (Fsp3) is 0.0152. The van der Waals surface area contributed by atoms with Crippen LogP contribution < -0.4 is 9.47 Å². The van der Waals surface area contributed by atoms with E-state index in [0.29, 0.717) is 0 Å². The molecule has 12 aromatic rings. The molecule has 0 fully saturated rings. The highest BCUT2D eigenvalue weighted by Crippen LogP contribution is 2.66. The molecule has 4 heteroatoms. The van der Waals surface area contributed by atoms with E-state index in [1.54, 1.807) is 0 Å². The summed E-state index contributed by atoms with van der Waals surface area (Å²) in [6.45, 7) is 0. The van der Waals surface area contributed by atoms with Crippen molar-refractivity contribution < 1.29 is 9.47 Å². The molecule has 0 bridgehead atoms. The molecule has 326 valence electrons. The van der Waals surface area contributed by atoms with Crippen LogP contribution in [0.15, 0.2) is 243 Å². The smallest absolute Gasteiger partial charge is 0.178 e. The zero-order valence-electron chi connectivity index (χ0n) is 37.8. The van der Waals surface area contributed by atoms with Crippen LogP contribution in [-0.4, -0.2) is 9.55 Å². The molecule has 0 atom stereocenters. The van der Waals surface area contributed by atoms with Crippen molar-refractivity contribution in [3.8, 4) is 95.7 Å².